The largest absolute Gasteiger partial charge is 0.495 e. The second-order valence-electron chi connectivity index (χ2n) is 4.65. The van der Waals surface area contributed by atoms with E-state index in [1.54, 1.807) is 24.3 Å². The monoisotopic (exact) mass is 321 g/mol. The molecule has 0 bridgehead atoms. The van der Waals surface area contributed by atoms with Crippen molar-refractivity contribution in [1.29, 1.82) is 0 Å². The molecule has 0 radical (unpaired) electrons. The molecule has 0 heterocycles. The van der Waals surface area contributed by atoms with Crippen LogP contribution in [0.5, 0.6) is 5.75 Å². The summed E-state index contributed by atoms with van der Waals surface area (Å²) in [5.41, 5.74) is 0.00785. The van der Waals surface area contributed by atoms with Gasteiger partial charge in [-0.25, -0.2) is 0 Å². The van der Waals surface area contributed by atoms with E-state index in [9.17, 15) is 18.0 Å². The standard InChI is InChI=1S/C17H14F3NO2/c1-23-15-8-3-2-7-14(15)21-16(22)10-9-12-5-4-6-13(11-12)17(18,19)20/h2-11H,1H3,(H,21,22)/b10-9+. The van der Waals surface area contributed by atoms with E-state index in [-0.39, 0.29) is 5.56 Å². The maximum Gasteiger partial charge on any atom is 0.416 e. The van der Waals surface area contributed by atoms with E-state index in [1.807, 2.05) is 0 Å². The number of alkyl halides is 3. The van der Waals surface area contributed by atoms with Gasteiger partial charge in [-0.3, -0.25) is 4.79 Å². The number of methoxy groups -OCH3 is 1. The zero-order chi connectivity index (χ0) is 16.9. The number of hydrogen-bond donors (Lipinski definition) is 1. The van der Waals surface area contributed by atoms with Gasteiger partial charge in [0.05, 0.1) is 18.4 Å². The van der Waals surface area contributed by atoms with Crippen LogP contribution >= 0.6 is 0 Å². The highest BCUT2D eigenvalue weighted by Crippen LogP contribution is 2.29. The minimum atomic E-state index is -4.41. The van der Waals surface area contributed by atoms with E-state index < -0.39 is 17.6 Å². The quantitative estimate of drug-likeness (QED) is 0.850. The third kappa shape index (κ3) is 4.60. The lowest BCUT2D eigenvalue weighted by Gasteiger charge is -2.08. The summed E-state index contributed by atoms with van der Waals surface area (Å²) in [7, 11) is 1.48. The fraction of sp³-hybridized carbons (Fsp3) is 0.118. The molecule has 6 heteroatoms. The highest BCUT2D eigenvalue weighted by atomic mass is 19.4. The second kappa shape index (κ2) is 7.00. The lowest BCUT2D eigenvalue weighted by Crippen LogP contribution is -2.08. The number of carbonyl (C=O) groups is 1. The summed E-state index contributed by atoms with van der Waals surface area (Å²) in [6.45, 7) is 0. The van der Waals surface area contributed by atoms with Crippen molar-refractivity contribution in [3.8, 4) is 5.75 Å². The number of nitrogens with one attached hydrogen (secondary N) is 1. The van der Waals surface area contributed by atoms with Crippen molar-refractivity contribution in [2.24, 2.45) is 0 Å². The third-order valence-corrected chi connectivity index (χ3v) is 3.01. The Morgan fingerprint density at radius 3 is 2.57 bits per heavy atom. The molecule has 2 aromatic rings. The predicted molar refractivity (Wildman–Crippen MR) is 82.1 cm³/mol. The molecule has 0 fully saturated rings. The van der Waals surface area contributed by atoms with Gasteiger partial charge in [0.2, 0.25) is 5.91 Å². The average Bonchev–Trinajstić information content (AvgIpc) is 2.53. The number of anilines is 1. The summed E-state index contributed by atoms with van der Waals surface area (Å²) in [6, 6.07) is 11.6. The first kappa shape index (κ1) is 16.6. The lowest BCUT2D eigenvalue weighted by atomic mass is 10.1. The number of carbonyl (C=O) groups excluding carboxylic acids is 1. The van der Waals surface area contributed by atoms with Gasteiger partial charge in [0.25, 0.3) is 0 Å². The van der Waals surface area contributed by atoms with Crippen molar-refractivity contribution >= 4 is 17.7 Å². The van der Waals surface area contributed by atoms with Crippen molar-refractivity contribution in [2.75, 3.05) is 12.4 Å². The van der Waals surface area contributed by atoms with Gasteiger partial charge in [-0.05, 0) is 35.9 Å². The van der Waals surface area contributed by atoms with Gasteiger partial charge in [0, 0.05) is 6.08 Å². The molecule has 0 saturated heterocycles. The molecule has 23 heavy (non-hydrogen) atoms. The fourth-order valence-electron chi connectivity index (χ4n) is 1.91. The van der Waals surface area contributed by atoms with E-state index in [0.717, 1.165) is 12.1 Å². The van der Waals surface area contributed by atoms with E-state index >= 15 is 0 Å². The maximum absolute atomic E-state index is 12.6. The van der Waals surface area contributed by atoms with Gasteiger partial charge in [0.1, 0.15) is 5.75 Å². The fourth-order valence-corrected chi connectivity index (χ4v) is 1.91. The number of hydrogen-bond acceptors (Lipinski definition) is 2. The first-order chi connectivity index (χ1) is 10.9. The Balaban J connectivity index is 2.10. The number of amides is 1. The van der Waals surface area contributed by atoms with E-state index in [0.29, 0.717) is 11.4 Å². The number of benzene rings is 2. The van der Waals surface area contributed by atoms with E-state index in [4.69, 9.17) is 4.74 Å². The molecular formula is C17H14F3NO2. The van der Waals surface area contributed by atoms with Crippen molar-refractivity contribution < 1.29 is 22.7 Å². The van der Waals surface area contributed by atoms with Crippen LogP contribution in [0.2, 0.25) is 0 Å². The molecule has 3 nitrogen and oxygen atoms in total. The second-order valence-corrected chi connectivity index (χ2v) is 4.65. The molecule has 2 rings (SSSR count). The first-order valence-corrected chi connectivity index (χ1v) is 6.69. The Kier molecular flexibility index (Phi) is 5.05. The van der Waals surface area contributed by atoms with Crippen LogP contribution in [-0.4, -0.2) is 13.0 Å². The topological polar surface area (TPSA) is 38.3 Å². The van der Waals surface area contributed by atoms with Gasteiger partial charge in [-0.1, -0.05) is 24.3 Å². The summed E-state index contributed by atoms with van der Waals surface area (Å²) in [5, 5.41) is 2.60. The van der Waals surface area contributed by atoms with Gasteiger partial charge in [0.15, 0.2) is 0 Å². The van der Waals surface area contributed by atoms with Crippen molar-refractivity contribution in [1.82, 2.24) is 0 Å². The molecule has 0 spiro atoms. The average molecular weight is 321 g/mol. The van der Waals surface area contributed by atoms with Crippen LogP contribution in [0.3, 0.4) is 0 Å². The van der Waals surface area contributed by atoms with Gasteiger partial charge < -0.3 is 10.1 Å². The molecule has 0 saturated carbocycles. The number of rotatable bonds is 4. The SMILES string of the molecule is COc1ccccc1NC(=O)/C=C/c1cccc(C(F)(F)F)c1. The zero-order valence-corrected chi connectivity index (χ0v) is 12.2. The Bertz CT molecular complexity index is 724. The molecule has 2 aromatic carbocycles. The lowest BCUT2D eigenvalue weighted by molar-refractivity contribution is -0.137. The van der Waals surface area contributed by atoms with Crippen molar-refractivity contribution in [3.63, 3.8) is 0 Å². The van der Waals surface area contributed by atoms with E-state index in [1.165, 1.54) is 31.4 Å². The summed E-state index contributed by atoms with van der Waals surface area (Å²) in [5.74, 6) is 0.0280. The van der Waals surface area contributed by atoms with Gasteiger partial charge in [-0.15, -0.1) is 0 Å². The Labute approximate surface area is 131 Å². The van der Waals surface area contributed by atoms with Crippen LogP contribution in [0.4, 0.5) is 18.9 Å². The molecule has 0 aliphatic rings. The third-order valence-electron chi connectivity index (χ3n) is 3.01. The molecule has 0 aliphatic carbocycles. The molecule has 0 aromatic heterocycles. The van der Waals surface area contributed by atoms with Crippen LogP contribution in [0.1, 0.15) is 11.1 Å². The summed E-state index contributed by atoms with van der Waals surface area (Å²) in [4.78, 5) is 11.9. The highest BCUT2D eigenvalue weighted by molar-refractivity contribution is 6.02. The molecule has 1 N–H and O–H groups in total. The molecule has 120 valence electrons. The minimum Gasteiger partial charge on any atom is -0.495 e. The Morgan fingerprint density at radius 1 is 1.13 bits per heavy atom. The zero-order valence-electron chi connectivity index (χ0n) is 12.2. The smallest absolute Gasteiger partial charge is 0.416 e. The summed E-state index contributed by atoms with van der Waals surface area (Å²) in [6.07, 6.45) is -1.93. The Hall–Kier alpha value is -2.76. The number of halogens is 3. The summed E-state index contributed by atoms with van der Waals surface area (Å²) < 4.78 is 43.0. The van der Waals surface area contributed by atoms with Crippen molar-refractivity contribution in [2.45, 2.75) is 6.18 Å². The van der Waals surface area contributed by atoms with Crippen LogP contribution in [0, 0.1) is 0 Å². The molecule has 0 unspecified atom stereocenters. The molecule has 1 amide bonds. The maximum atomic E-state index is 12.6. The van der Waals surface area contributed by atoms with Crippen LogP contribution in [0.25, 0.3) is 6.08 Å². The van der Waals surface area contributed by atoms with Gasteiger partial charge >= 0.3 is 6.18 Å². The first-order valence-electron chi connectivity index (χ1n) is 6.69. The van der Waals surface area contributed by atoms with E-state index in [2.05, 4.69) is 5.32 Å². The van der Waals surface area contributed by atoms with Crippen LogP contribution < -0.4 is 10.1 Å². The normalized spacial score (nSPS) is 11.5. The van der Waals surface area contributed by atoms with Crippen LogP contribution in [-0.2, 0) is 11.0 Å². The molecule has 0 aliphatic heterocycles. The van der Waals surface area contributed by atoms with Crippen LogP contribution in [0.15, 0.2) is 54.6 Å². The molecular weight excluding hydrogens is 307 g/mol. The van der Waals surface area contributed by atoms with Crippen molar-refractivity contribution in [3.05, 3.63) is 65.7 Å². The summed E-state index contributed by atoms with van der Waals surface area (Å²) >= 11 is 0. The highest BCUT2D eigenvalue weighted by Gasteiger charge is 2.30. The minimum absolute atomic E-state index is 0.287. The Morgan fingerprint density at radius 2 is 1.87 bits per heavy atom. The van der Waals surface area contributed by atoms with Gasteiger partial charge in [-0.2, -0.15) is 13.2 Å². The number of para-hydroxylation sites is 2. The molecule has 0 atom stereocenters. The predicted octanol–water partition coefficient (Wildman–Crippen LogP) is 4.37. The number of ether oxygens (including phenoxy) is 1.